The Balaban J connectivity index is 2.02. The lowest BCUT2D eigenvalue weighted by Gasteiger charge is -2.08. The summed E-state index contributed by atoms with van der Waals surface area (Å²) in [7, 11) is 0. The summed E-state index contributed by atoms with van der Waals surface area (Å²) in [5, 5.41) is 2.57. The van der Waals surface area contributed by atoms with E-state index < -0.39 is 5.82 Å². The summed E-state index contributed by atoms with van der Waals surface area (Å²) >= 11 is 0. The number of halogens is 1. The maximum absolute atomic E-state index is 13.7. The molecular weight excluding hydrogens is 255 g/mol. The third kappa shape index (κ3) is 3.65. The van der Waals surface area contributed by atoms with E-state index in [4.69, 9.17) is 5.73 Å². The van der Waals surface area contributed by atoms with E-state index in [0.29, 0.717) is 5.56 Å². The van der Waals surface area contributed by atoms with Crippen molar-refractivity contribution in [2.45, 2.75) is 19.9 Å². The molecular formula is C16H17FN2O. The van der Waals surface area contributed by atoms with Crippen LogP contribution in [0.15, 0.2) is 42.5 Å². The van der Waals surface area contributed by atoms with E-state index in [-0.39, 0.29) is 24.6 Å². The van der Waals surface area contributed by atoms with Crippen LogP contribution in [0, 0.1) is 12.7 Å². The fourth-order valence-electron chi connectivity index (χ4n) is 1.87. The van der Waals surface area contributed by atoms with Gasteiger partial charge in [0, 0.05) is 6.54 Å². The van der Waals surface area contributed by atoms with E-state index in [1.807, 2.05) is 31.2 Å². The van der Waals surface area contributed by atoms with Gasteiger partial charge >= 0.3 is 0 Å². The molecule has 4 heteroatoms. The Labute approximate surface area is 117 Å². The van der Waals surface area contributed by atoms with Crippen LogP contribution in [-0.2, 0) is 17.8 Å². The van der Waals surface area contributed by atoms with Crippen molar-refractivity contribution in [2.75, 3.05) is 5.32 Å². The Morgan fingerprint density at radius 2 is 1.80 bits per heavy atom. The summed E-state index contributed by atoms with van der Waals surface area (Å²) < 4.78 is 13.7. The molecule has 0 atom stereocenters. The number of benzene rings is 2. The molecule has 0 radical (unpaired) electrons. The van der Waals surface area contributed by atoms with Gasteiger partial charge in [-0.15, -0.1) is 0 Å². The molecule has 0 saturated carbocycles. The first-order valence-electron chi connectivity index (χ1n) is 6.42. The summed E-state index contributed by atoms with van der Waals surface area (Å²) in [5.74, 6) is -0.710. The van der Waals surface area contributed by atoms with Crippen molar-refractivity contribution in [1.29, 1.82) is 0 Å². The van der Waals surface area contributed by atoms with E-state index in [1.165, 1.54) is 12.1 Å². The molecule has 2 rings (SSSR count). The van der Waals surface area contributed by atoms with Gasteiger partial charge in [0.15, 0.2) is 0 Å². The quantitative estimate of drug-likeness (QED) is 0.899. The van der Waals surface area contributed by atoms with Gasteiger partial charge in [-0.3, -0.25) is 4.79 Å². The molecule has 0 fully saturated rings. The molecule has 0 aliphatic heterocycles. The molecule has 0 saturated heterocycles. The molecule has 104 valence electrons. The highest BCUT2D eigenvalue weighted by Crippen LogP contribution is 2.16. The summed E-state index contributed by atoms with van der Waals surface area (Å²) in [6.45, 7) is 2.26. The lowest BCUT2D eigenvalue weighted by atomic mass is 10.1. The second-order valence-electron chi connectivity index (χ2n) is 4.73. The summed E-state index contributed by atoms with van der Waals surface area (Å²) in [6.07, 6.45) is 0.221. The van der Waals surface area contributed by atoms with Crippen molar-refractivity contribution in [3.05, 3.63) is 65.0 Å². The topological polar surface area (TPSA) is 55.1 Å². The number of carbonyl (C=O) groups is 1. The number of nitrogens with two attached hydrogens (primary N) is 1. The zero-order valence-corrected chi connectivity index (χ0v) is 11.3. The second-order valence-corrected chi connectivity index (χ2v) is 4.73. The van der Waals surface area contributed by atoms with Crippen LogP contribution in [-0.4, -0.2) is 5.91 Å². The predicted octanol–water partition coefficient (Wildman–Crippen LogP) is 2.77. The molecule has 0 bridgehead atoms. The minimum atomic E-state index is -0.467. The van der Waals surface area contributed by atoms with Gasteiger partial charge in [-0.05, 0) is 30.2 Å². The third-order valence-corrected chi connectivity index (χ3v) is 3.03. The largest absolute Gasteiger partial charge is 0.326 e. The van der Waals surface area contributed by atoms with E-state index in [2.05, 4.69) is 5.32 Å². The first-order valence-corrected chi connectivity index (χ1v) is 6.42. The van der Waals surface area contributed by atoms with Gasteiger partial charge in [-0.1, -0.05) is 35.9 Å². The highest BCUT2D eigenvalue weighted by Gasteiger charge is 2.08. The Hall–Kier alpha value is -2.20. The molecule has 1 amide bonds. The minimum Gasteiger partial charge on any atom is -0.326 e. The van der Waals surface area contributed by atoms with E-state index in [1.54, 1.807) is 6.07 Å². The first-order chi connectivity index (χ1) is 9.58. The van der Waals surface area contributed by atoms with Gasteiger partial charge in [-0.25, -0.2) is 4.39 Å². The number of amides is 1. The molecule has 2 aromatic rings. The lowest BCUT2D eigenvalue weighted by molar-refractivity contribution is -0.115. The van der Waals surface area contributed by atoms with Gasteiger partial charge in [0.05, 0.1) is 12.1 Å². The first kappa shape index (κ1) is 14.2. The molecule has 0 aromatic heterocycles. The van der Waals surface area contributed by atoms with Crippen molar-refractivity contribution in [3.63, 3.8) is 0 Å². The molecule has 0 aliphatic rings. The molecule has 20 heavy (non-hydrogen) atoms. The molecule has 2 aromatic carbocycles. The maximum atomic E-state index is 13.7. The Morgan fingerprint density at radius 3 is 2.40 bits per heavy atom. The predicted molar refractivity (Wildman–Crippen MR) is 77.8 cm³/mol. The summed E-state index contributed by atoms with van der Waals surface area (Å²) in [4.78, 5) is 11.9. The Morgan fingerprint density at radius 1 is 1.15 bits per heavy atom. The van der Waals surface area contributed by atoms with Gasteiger partial charge in [0.25, 0.3) is 0 Å². The monoisotopic (exact) mass is 272 g/mol. The highest BCUT2D eigenvalue weighted by atomic mass is 19.1. The van der Waals surface area contributed by atoms with Gasteiger partial charge < -0.3 is 11.1 Å². The van der Waals surface area contributed by atoms with Crippen molar-refractivity contribution >= 4 is 11.6 Å². The van der Waals surface area contributed by atoms with E-state index >= 15 is 0 Å². The molecule has 0 unspecified atom stereocenters. The number of hydrogen-bond donors (Lipinski definition) is 2. The summed E-state index contributed by atoms with van der Waals surface area (Å²) in [5.41, 5.74) is 8.34. The highest BCUT2D eigenvalue weighted by molar-refractivity contribution is 5.92. The van der Waals surface area contributed by atoms with Crippen molar-refractivity contribution in [3.8, 4) is 0 Å². The van der Waals surface area contributed by atoms with Crippen LogP contribution < -0.4 is 11.1 Å². The standard InChI is InChI=1S/C16H17FN2O/c1-11-2-4-12(5-3-11)9-16(20)19-15-7-6-13(10-18)8-14(15)17/h2-8H,9-10,18H2,1H3,(H,19,20). The van der Waals surface area contributed by atoms with E-state index in [9.17, 15) is 9.18 Å². The molecule has 0 heterocycles. The Kier molecular flexibility index (Phi) is 4.48. The van der Waals surface area contributed by atoms with Crippen molar-refractivity contribution in [2.24, 2.45) is 5.73 Å². The number of rotatable bonds is 4. The molecule has 0 aliphatic carbocycles. The average molecular weight is 272 g/mol. The normalized spacial score (nSPS) is 10.3. The lowest BCUT2D eigenvalue weighted by Crippen LogP contribution is -2.15. The number of aryl methyl sites for hydroxylation is 1. The minimum absolute atomic E-state index is 0.180. The van der Waals surface area contributed by atoms with Crippen LogP contribution in [0.3, 0.4) is 0 Å². The van der Waals surface area contributed by atoms with Crippen LogP contribution >= 0.6 is 0 Å². The third-order valence-electron chi connectivity index (χ3n) is 3.03. The van der Waals surface area contributed by atoms with Crippen LogP contribution in [0.5, 0.6) is 0 Å². The van der Waals surface area contributed by atoms with Gasteiger partial charge in [-0.2, -0.15) is 0 Å². The zero-order valence-electron chi connectivity index (χ0n) is 11.3. The molecule has 0 spiro atoms. The number of anilines is 1. The van der Waals surface area contributed by atoms with Crippen molar-refractivity contribution < 1.29 is 9.18 Å². The smallest absolute Gasteiger partial charge is 0.228 e. The SMILES string of the molecule is Cc1ccc(CC(=O)Nc2ccc(CN)cc2F)cc1. The fourth-order valence-corrected chi connectivity index (χ4v) is 1.87. The van der Waals surface area contributed by atoms with Gasteiger partial charge in [0.2, 0.25) is 5.91 Å². The van der Waals surface area contributed by atoms with Crippen LogP contribution in [0.25, 0.3) is 0 Å². The number of carbonyl (C=O) groups excluding carboxylic acids is 1. The van der Waals surface area contributed by atoms with Crippen LogP contribution in [0.4, 0.5) is 10.1 Å². The van der Waals surface area contributed by atoms with E-state index in [0.717, 1.165) is 11.1 Å². The van der Waals surface area contributed by atoms with Crippen LogP contribution in [0.1, 0.15) is 16.7 Å². The van der Waals surface area contributed by atoms with Crippen LogP contribution in [0.2, 0.25) is 0 Å². The number of hydrogen-bond acceptors (Lipinski definition) is 2. The summed E-state index contributed by atoms with van der Waals surface area (Å²) in [6, 6.07) is 12.2. The Bertz CT molecular complexity index is 608. The zero-order chi connectivity index (χ0) is 14.5. The molecule has 3 nitrogen and oxygen atoms in total. The fraction of sp³-hybridized carbons (Fsp3) is 0.188. The second kappa shape index (κ2) is 6.30. The average Bonchev–Trinajstić information content (AvgIpc) is 2.43. The van der Waals surface area contributed by atoms with Crippen molar-refractivity contribution in [1.82, 2.24) is 0 Å². The maximum Gasteiger partial charge on any atom is 0.228 e. The van der Waals surface area contributed by atoms with Gasteiger partial charge in [0.1, 0.15) is 5.82 Å². The molecule has 3 N–H and O–H groups in total. The number of nitrogens with one attached hydrogen (secondary N) is 1.